The van der Waals surface area contributed by atoms with E-state index in [0.717, 1.165) is 0 Å². The van der Waals surface area contributed by atoms with Gasteiger partial charge in [-0.3, -0.25) is 0 Å². The van der Waals surface area contributed by atoms with Crippen molar-refractivity contribution in [2.45, 2.75) is 51.5 Å². The van der Waals surface area contributed by atoms with Crippen molar-refractivity contribution in [1.82, 2.24) is 6.15 Å². The molecule has 1 aliphatic rings. The fourth-order valence-corrected chi connectivity index (χ4v) is 3.09. The van der Waals surface area contributed by atoms with Crippen LogP contribution < -0.4 is 11.1 Å². The van der Waals surface area contributed by atoms with Gasteiger partial charge in [-0.1, -0.05) is 32.0 Å². The number of benzene rings is 1. The lowest BCUT2D eigenvalue weighted by molar-refractivity contribution is 0.288. The SMILES string of the molecule is CCC1(CC)CCCCN1c1ccccc1.N. The maximum Gasteiger partial charge on any atom is 0.0397 e. The molecule has 0 spiro atoms. The molecule has 0 atom stereocenters. The minimum atomic E-state index is 0. The lowest BCUT2D eigenvalue weighted by Crippen LogP contribution is -2.51. The fraction of sp³-hybridized carbons (Fsp3) is 0.600. The average Bonchev–Trinajstić information content (AvgIpc) is 2.39. The highest BCUT2D eigenvalue weighted by molar-refractivity contribution is 5.49. The van der Waals surface area contributed by atoms with Crippen molar-refractivity contribution < 1.29 is 0 Å². The zero-order chi connectivity index (χ0) is 11.4. The molecule has 0 aliphatic carbocycles. The summed E-state index contributed by atoms with van der Waals surface area (Å²) in [6.45, 7) is 5.90. The molecule has 0 aromatic heterocycles. The molecule has 1 aliphatic heterocycles. The van der Waals surface area contributed by atoms with Gasteiger partial charge in [-0.2, -0.15) is 0 Å². The van der Waals surface area contributed by atoms with Crippen LogP contribution in [0.1, 0.15) is 46.0 Å². The first-order chi connectivity index (χ1) is 7.82. The van der Waals surface area contributed by atoms with E-state index in [0.29, 0.717) is 5.54 Å². The van der Waals surface area contributed by atoms with Crippen molar-refractivity contribution >= 4 is 5.69 Å². The second-order valence-corrected chi connectivity index (χ2v) is 4.88. The van der Waals surface area contributed by atoms with Crippen LogP contribution in [0.15, 0.2) is 30.3 Å². The Bertz CT molecular complexity index is 317. The Kier molecular flexibility index (Phi) is 5.01. The van der Waals surface area contributed by atoms with Gasteiger partial charge in [0.05, 0.1) is 0 Å². The second kappa shape index (κ2) is 6.06. The smallest absolute Gasteiger partial charge is 0.0397 e. The minimum Gasteiger partial charge on any atom is -0.366 e. The summed E-state index contributed by atoms with van der Waals surface area (Å²) >= 11 is 0. The third-order valence-electron chi connectivity index (χ3n) is 4.23. The van der Waals surface area contributed by atoms with Crippen LogP contribution >= 0.6 is 0 Å². The van der Waals surface area contributed by atoms with Gasteiger partial charge in [-0.25, -0.2) is 0 Å². The van der Waals surface area contributed by atoms with Crippen molar-refractivity contribution in [3.8, 4) is 0 Å². The van der Waals surface area contributed by atoms with Gasteiger partial charge in [0, 0.05) is 17.8 Å². The van der Waals surface area contributed by atoms with Crippen LogP contribution in [0.4, 0.5) is 5.69 Å². The van der Waals surface area contributed by atoms with Crippen LogP contribution in [0, 0.1) is 0 Å². The van der Waals surface area contributed by atoms with Gasteiger partial charge in [0.25, 0.3) is 0 Å². The van der Waals surface area contributed by atoms with Gasteiger partial charge >= 0.3 is 0 Å². The number of hydrogen-bond donors (Lipinski definition) is 1. The van der Waals surface area contributed by atoms with E-state index in [9.17, 15) is 0 Å². The molecule has 0 bridgehead atoms. The molecule has 0 amide bonds. The van der Waals surface area contributed by atoms with Crippen molar-refractivity contribution in [2.24, 2.45) is 0 Å². The van der Waals surface area contributed by atoms with Gasteiger partial charge in [0.1, 0.15) is 0 Å². The van der Waals surface area contributed by atoms with Gasteiger partial charge in [0.15, 0.2) is 0 Å². The first kappa shape index (κ1) is 14.0. The largest absolute Gasteiger partial charge is 0.366 e. The molecule has 0 saturated carbocycles. The zero-order valence-electron chi connectivity index (χ0n) is 11.3. The number of rotatable bonds is 3. The minimum absolute atomic E-state index is 0. The van der Waals surface area contributed by atoms with Gasteiger partial charge in [0.2, 0.25) is 0 Å². The van der Waals surface area contributed by atoms with E-state index in [1.807, 2.05) is 0 Å². The Morgan fingerprint density at radius 2 is 1.71 bits per heavy atom. The molecule has 96 valence electrons. The van der Waals surface area contributed by atoms with Crippen LogP contribution in [-0.4, -0.2) is 12.1 Å². The predicted molar refractivity (Wildman–Crippen MR) is 76.0 cm³/mol. The zero-order valence-corrected chi connectivity index (χ0v) is 11.3. The summed E-state index contributed by atoms with van der Waals surface area (Å²) < 4.78 is 0. The van der Waals surface area contributed by atoms with Crippen molar-refractivity contribution in [1.29, 1.82) is 0 Å². The molecule has 2 nitrogen and oxygen atoms in total. The molecule has 1 heterocycles. The quantitative estimate of drug-likeness (QED) is 0.842. The van der Waals surface area contributed by atoms with Crippen molar-refractivity contribution in [3.63, 3.8) is 0 Å². The number of hydrogen-bond acceptors (Lipinski definition) is 2. The summed E-state index contributed by atoms with van der Waals surface area (Å²) in [5.41, 5.74) is 1.82. The highest BCUT2D eigenvalue weighted by atomic mass is 15.2. The summed E-state index contributed by atoms with van der Waals surface area (Å²) in [5, 5.41) is 0. The lowest BCUT2D eigenvalue weighted by atomic mass is 9.81. The highest BCUT2D eigenvalue weighted by Gasteiger charge is 2.35. The van der Waals surface area contributed by atoms with E-state index in [2.05, 4.69) is 49.1 Å². The molecule has 2 rings (SSSR count). The van der Waals surface area contributed by atoms with E-state index in [4.69, 9.17) is 0 Å². The van der Waals surface area contributed by atoms with Crippen molar-refractivity contribution in [3.05, 3.63) is 30.3 Å². The van der Waals surface area contributed by atoms with E-state index in [-0.39, 0.29) is 6.15 Å². The monoisotopic (exact) mass is 234 g/mol. The summed E-state index contributed by atoms with van der Waals surface area (Å²) in [6, 6.07) is 10.9. The Balaban J connectivity index is 0.00000144. The number of piperidine rings is 1. The van der Waals surface area contributed by atoms with Crippen LogP contribution in [0.3, 0.4) is 0 Å². The van der Waals surface area contributed by atoms with E-state index < -0.39 is 0 Å². The molecule has 0 radical (unpaired) electrons. The molecule has 1 aromatic carbocycles. The summed E-state index contributed by atoms with van der Waals surface area (Å²) in [5.74, 6) is 0. The molecule has 0 unspecified atom stereocenters. The molecule has 17 heavy (non-hydrogen) atoms. The first-order valence-corrected chi connectivity index (χ1v) is 6.65. The maximum atomic E-state index is 2.65. The van der Waals surface area contributed by atoms with Gasteiger partial charge in [-0.05, 0) is 44.2 Å². The topological polar surface area (TPSA) is 38.2 Å². The molecule has 1 fully saturated rings. The van der Waals surface area contributed by atoms with Crippen LogP contribution in [0.2, 0.25) is 0 Å². The third-order valence-corrected chi connectivity index (χ3v) is 4.23. The van der Waals surface area contributed by atoms with Crippen LogP contribution in [0.5, 0.6) is 0 Å². The Morgan fingerprint density at radius 1 is 1.06 bits per heavy atom. The lowest BCUT2D eigenvalue weighted by Gasteiger charge is -2.48. The molecular weight excluding hydrogens is 208 g/mol. The molecular formula is C15H26N2. The predicted octanol–water partition coefficient (Wildman–Crippen LogP) is 4.40. The number of para-hydroxylation sites is 1. The van der Waals surface area contributed by atoms with Gasteiger partial charge in [-0.15, -0.1) is 0 Å². The van der Waals surface area contributed by atoms with E-state index >= 15 is 0 Å². The molecule has 1 aromatic rings. The Hall–Kier alpha value is -1.02. The fourth-order valence-electron chi connectivity index (χ4n) is 3.09. The number of nitrogens with zero attached hydrogens (tertiary/aromatic N) is 1. The van der Waals surface area contributed by atoms with Crippen LogP contribution in [0.25, 0.3) is 0 Å². The van der Waals surface area contributed by atoms with E-state index in [1.165, 1.54) is 44.3 Å². The van der Waals surface area contributed by atoms with Crippen LogP contribution in [-0.2, 0) is 0 Å². The maximum absolute atomic E-state index is 2.65. The summed E-state index contributed by atoms with van der Waals surface area (Å²) in [4.78, 5) is 2.65. The average molecular weight is 234 g/mol. The van der Waals surface area contributed by atoms with E-state index in [1.54, 1.807) is 0 Å². The van der Waals surface area contributed by atoms with Crippen molar-refractivity contribution in [2.75, 3.05) is 11.4 Å². The summed E-state index contributed by atoms with van der Waals surface area (Å²) in [6.07, 6.45) is 6.62. The molecule has 3 N–H and O–H groups in total. The third kappa shape index (κ3) is 2.63. The highest BCUT2D eigenvalue weighted by Crippen LogP contribution is 2.37. The molecule has 2 heteroatoms. The summed E-state index contributed by atoms with van der Waals surface area (Å²) in [7, 11) is 0. The Morgan fingerprint density at radius 3 is 2.29 bits per heavy atom. The number of anilines is 1. The standard InChI is InChI=1S/C15H23N.H3N/c1-3-15(4-2)12-8-9-13-16(15)14-10-6-5-7-11-14;/h5-7,10-11H,3-4,8-9,12-13H2,1-2H3;1H3. The first-order valence-electron chi connectivity index (χ1n) is 6.65. The Labute approximate surface area is 106 Å². The molecule has 1 saturated heterocycles. The second-order valence-electron chi connectivity index (χ2n) is 4.88. The normalized spacial score (nSPS) is 18.6. The van der Waals surface area contributed by atoms with Gasteiger partial charge < -0.3 is 11.1 Å².